The molecule has 2 unspecified atom stereocenters. The maximum atomic E-state index is 15.1. The Hall–Kier alpha value is -4.53. The van der Waals surface area contributed by atoms with E-state index in [1.54, 1.807) is 26.9 Å². The summed E-state index contributed by atoms with van der Waals surface area (Å²) in [6.45, 7) is 11.9. The Morgan fingerprint density at radius 2 is 1.64 bits per heavy atom. The average Bonchev–Trinajstić information content (AvgIpc) is 3.74. The predicted octanol–water partition coefficient (Wildman–Crippen LogP) is 5.02. The van der Waals surface area contributed by atoms with Crippen molar-refractivity contribution in [3.05, 3.63) is 121 Å². The number of carbonyl (C=O) groups excluding carboxylic acids is 3. The van der Waals surface area contributed by atoms with Crippen molar-refractivity contribution in [2.24, 2.45) is 11.8 Å². The van der Waals surface area contributed by atoms with Crippen LogP contribution in [0.4, 0.5) is 11.4 Å². The molecule has 3 aliphatic rings. The van der Waals surface area contributed by atoms with Gasteiger partial charge in [-0.1, -0.05) is 72.8 Å². The van der Waals surface area contributed by atoms with Gasteiger partial charge >= 0.3 is 0 Å². The minimum Gasteiger partial charge on any atom is -0.394 e. The summed E-state index contributed by atoms with van der Waals surface area (Å²) in [5, 5.41) is 10.9. The summed E-state index contributed by atoms with van der Waals surface area (Å²) < 4.78 is 6.79. The molecule has 47 heavy (non-hydrogen) atoms. The second-order valence-corrected chi connectivity index (χ2v) is 12.9. The molecule has 0 aromatic heterocycles. The highest BCUT2D eigenvalue weighted by molar-refractivity contribution is 6.07. The van der Waals surface area contributed by atoms with Crippen molar-refractivity contribution in [3.63, 3.8) is 0 Å². The van der Waals surface area contributed by atoms with Crippen LogP contribution in [0.15, 0.2) is 104 Å². The molecule has 3 amide bonds. The summed E-state index contributed by atoms with van der Waals surface area (Å²) in [6.07, 6.45) is 4.17. The van der Waals surface area contributed by atoms with E-state index in [0.717, 1.165) is 22.4 Å². The summed E-state index contributed by atoms with van der Waals surface area (Å²) >= 11 is 0. The number of aliphatic hydroxyl groups is 1. The van der Waals surface area contributed by atoms with Crippen LogP contribution in [-0.4, -0.2) is 71.2 Å². The first kappa shape index (κ1) is 32.4. The summed E-state index contributed by atoms with van der Waals surface area (Å²) in [6, 6.07) is 23.1. The molecule has 3 aromatic carbocycles. The van der Waals surface area contributed by atoms with Gasteiger partial charge in [-0.15, -0.1) is 13.2 Å². The number of fused-ring (bicyclic) bond motifs is 1. The minimum absolute atomic E-state index is 0.220. The number of amides is 3. The molecule has 2 bridgehead atoms. The first-order chi connectivity index (χ1) is 22.7. The molecule has 3 aromatic rings. The second kappa shape index (κ2) is 13.3. The highest BCUT2D eigenvalue weighted by Crippen LogP contribution is 2.59. The van der Waals surface area contributed by atoms with E-state index < -0.39 is 35.6 Å². The highest BCUT2D eigenvalue weighted by Gasteiger charge is 2.75. The first-order valence-corrected chi connectivity index (χ1v) is 16.4. The molecular weight excluding hydrogens is 590 g/mol. The summed E-state index contributed by atoms with van der Waals surface area (Å²) in [5.41, 5.74) is 3.03. The highest BCUT2D eigenvalue weighted by atomic mass is 16.5. The van der Waals surface area contributed by atoms with Crippen molar-refractivity contribution in [2.75, 3.05) is 29.5 Å². The Morgan fingerprint density at radius 1 is 0.979 bits per heavy atom. The topological polar surface area (TPSA) is 90.4 Å². The smallest absolute Gasteiger partial charge is 0.253 e. The van der Waals surface area contributed by atoms with Gasteiger partial charge in [-0.05, 0) is 68.0 Å². The van der Waals surface area contributed by atoms with Crippen LogP contribution in [0.3, 0.4) is 0 Å². The number of ether oxygens (including phenoxy) is 1. The lowest BCUT2D eigenvalue weighted by atomic mass is 9.70. The molecule has 1 N–H and O–H groups in total. The van der Waals surface area contributed by atoms with Gasteiger partial charge in [-0.2, -0.15) is 0 Å². The molecule has 3 heterocycles. The van der Waals surface area contributed by atoms with Crippen LogP contribution in [0.25, 0.3) is 0 Å². The van der Waals surface area contributed by atoms with Gasteiger partial charge < -0.3 is 24.5 Å². The molecule has 1 spiro atoms. The first-order valence-electron chi connectivity index (χ1n) is 16.4. The van der Waals surface area contributed by atoms with Crippen molar-refractivity contribution < 1.29 is 24.2 Å². The van der Waals surface area contributed by atoms with Gasteiger partial charge in [-0.3, -0.25) is 14.4 Å². The Morgan fingerprint density at radius 3 is 2.30 bits per heavy atom. The van der Waals surface area contributed by atoms with Crippen molar-refractivity contribution in [3.8, 4) is 0 Å². The van der Waals surface area contributed by atoms with Gasteiger partial charge in [0, 0.05) is 24.5 Å². The van der Waals surface area contributed by atoms with Crippen molar-refractivity contribution in [1.82, 2.24) is 4.90 Å². The lowest BCUT2D eigenvalue weighted by Gasteiger charge is -2.39. The number of rotatable bonds is 12. The van der Waals surface area contributed by atoms with Crippen LogP contribution >= 0.6 is 0 Å². The number of nitrogens with zero attached hydrogens (tertiary/aromatic N) is 3. The molecule has 8 heteroatoms. The summed E-state index contributed by atoms with van der Waals surface area (Å²) in [5.74, 6) is -2.53. The van der Waals surface area contributed by atoms with E-state index in [9.17, 15) is 14.7 Å². The molecular formula is C39H43N3O5. The molecule has 3 saturated heterocycles. The standard InChI is InChI=1S/C39H43N3O5/c1-5-21-40(29-15-11-8-12-16-29)36(44)33-32-19-20-39(47-32)34(33)37(45)42(30(25-43)24-28-13-9-7-10-14-28)35(39)38(46)41(22-6-2)31-23-26(3)17-18-27(31)4/h5-18,23,30,32-35,43H,1-2,19-22,24-25H2,3-4H3/t30-,32+,33-,34+,35?,39?/m1/s1. The molecule has 244 valence electrons. The molecule has 6 rings (SSSR count). The predicted molar refractivity (Wildman–Crippen MR) is 183 cm³/mol. The number of hydrogen-bond acceptors (Lipinski definition) is 5. The largest absolute Gasteiger partial charge is 0.394 e. The molecule has 0 aliphatic carbocycles. The Bertz CT molecular complexity index is 1660. The van der Waals surface area contributed by atoms with Gasteiger partial charge in [0.05, 0.1) is 30.6 Å². The van der Waals surface area contributed by atoms with E-state index in [2.05, 4.69) is 13.2 Å². The quantitative estimate of drug-likeness (QED) is 0.283. The van der Waals surface area contributed by atoms with Gasteiger partial charge in [0.1, 0.15) is 11.6 Å². The zero-order valence-corrected chi connectivity index (χ0v) is 27.1. The van der Waals surface area contributed by atoms with E-state index in [1.165, 1.54) is 0 Å². The maximum absolute atomic E-state index is 15.1. The monoisotopic (exact) mass is 633 g/mol. The van der Waals surface area contributed by atoms with E-state index >= 15 is 4.79 Å². The second-order valence-electron chi connectivity index (χ2n) is 12.9. The third kappa shape index (κ3) is 5.59. The fourth-order valence-corrected chi connectivity index (χ4v) is 8.02. The Kier molecular flexibility index (Phi) is 9.17. The van der Waals surface area contributed by atoms with E-state index in [-0.39, 0.29) is 37.4 Å². The number of anilines is 2. The molecule has 0 radical (unpaired) electrons. The van der Waals surface area contributed by atoms with Crippen molar-refractivity contribution in [1.29, 1.82) is 0 Å². The third-order valence-corrected chi connectivity index (χ3v) is 10.1. The Labute approximate surface area is 276 Å². The summed E-state index contributed by atoms with van der Waals surface area (Å²) in [4.78, 5) is 49.4. The molecule has 0 saturated carbocycles. The van der Waals surface area contributed by atoms with Crippen LogP contribution in [0, 0.1) is 25.7 Å². The van der Waals surface area contributed by atoms with Crippen LogP contribution < -0.4 is 9.80 Å². The molecule has 8 nitrogen and oxygen atoms in total. The van der Waals surface area contributed by atoms with Crippen LogP contribution in [0.2, 0.25) is 0 Å². The number of benzene rings is 3. The van der Waals surface area contributed by atoms with E-state index in [1.807, 2.05) is 92.7 Å². The van der Waals surface area contributed by atoms with Crippen molar-refractivity contribution in [2.45, 2.75) is 56.9 Å². The lowest BCUT2D eigenvalue weighted by Crippen LogP contribution is -2.59. The fourth-order valence-electron chi connectivity index (χ4n) is 8.02. The SMILES string of the molecule is C=CCN(C(=O)[C@@H]1[C@@H]2CCC3(O2)C(C(=O)N(CC=C)c2cc(C)ccc2C)N([C@@H](CO)Cc2ccccc2)C(=O)[C@H]13)c1ccccc1. The number of likely N-dealkylation sites (tertiary alicyclic amines) is 1. The van der Waals surface area contributed by atoms with Gasteiger partial charge in [-0.25, -0.2) is 0 Å². The maximum Gasteiger partial charge on any atom is 0.253 e. The van der Waals surface area contributed by atoms with Crippen LogP contribution in [0.1, 0.15) is 29.5 Å². The number of para-hydroxylation sites is 1. The van der Waals surface area contributed by atoms with E-state index in [0.29, 0.717) is 24.9 Å². The van der Waals surface area contributed by atoms with Gasteiger partial charge in [0.25, 0.3) is 5.91 Å². The summed E-state index contributed by atoms with van der Waals surface area (Å²) in [7, 11) is 0. The van der Waals surface area contributed by atoms with Crippen LogP contribution in [-0.2, 0) is 25.5 Å². The third-order valence-electron chi connectivity index (χ3n) is 10.1. The van der Waals surface area contributed by atoms with Crippen LogP contribution in [0.5, 0.6) is 0 Å². The Balaban J connectivity index is 1.46. The lowest BCUT2D eigenvalue weighted by molar-refractivity contribution is -0.144. The molecule has 6 atom stereocenters. The zero-order valence-electron chi connectivity index (χ0n) is 27.1. The minimum atomic E-state index is -1.23. The zero-order chi connectivity index (χ0) is 33.3. The normalized spacial score (nSPS) is 24.9. The average molecular weight is 634 g/mol. The van der Waals surface area contributed by atoms with Crippen molar-refractivity contribution >= 4 is 29.1 Å². The molecule has 3 fully saturated rings. The van der Waals surface area contributed by atoms with Gasteiger partial charge in [0.15, 0.2) is 0 Å². The van der Waals surface area contributed by atoms with E-state index in [4.69, 9.17) is 4.74 Å². The number of aryl methyl sites for hydroxylation is 2. The number of aliphatic hydroxyl groups excluding tert-OH is 1. The fraction of sp³-hybridized carbons (Fsp3) is 0.359. The number of hydrogen-bond donors (Lipinski definition) is 1. The molecule has 3 aliphatic heterocycles. The van der Waals surface area contributed by atoms with Gasteiger partial charge in [0.2, 0.25) is 11.8 Å². The number of carbonyl (C=O) groups is 3.